The number of aromatic nitrogens is 3. The fraction of sp³-hybridized carbons (Fsp3) is 0.333. The van der Waals surface area contributed by atoms with Crippen molar-refractivity contribution in [2.24, 2.45) is 5.73 Å². The van der Waals surface area contributed by atoms with Crippen LogP contribution in [0.15, 0.2) is 48.5 Å². The molecule has 1 saturated heterocycles. The van der Waals surface area contributed by atoms with Gasteiger partial charge in [0.1, 0.15) is 0 Å². The van der Waals surface area contributed by atoms with Gasteiger partial charge < -0.3 is 11.1 Å². The number of hydrogen-bond donors (Lipinski definition) is 3. The molecule has 33 heavy (non-hydrogen) atoms. The van der Waals surface area contributed by atoms with E-state index in [-0.39, 0.29) is 24.3 Å². The van der Waals surface area contributed by atoms with Crippen LogP contribution in [0.2, 0.25) is 0 Å². The SMILES string of the molecule is Cc1cccc(-c2n[nH]c(=S)n2CCC(=O)Nc2cccc(CN3CCCC3C(N)=O)c2)c1. The molecule has 1 fully saturated rings. The average molecular weight is 465 g/mol. The van der Waals surface area contributed by atoms with E-state index < -0.39 is 0 Å². The summed E-state index contributed by atoms with van der Waals surface area (Å²) in [7, 11) is 0. The lowest BCUT2D eigenvalue weighted by Crippen LogP contribution is -2.39. The molecule has 0 aliphatic carbocycles. The highest BCUT2D eigenvalue weighted by atomic mass is 32.1. The minimum Gasteiger partial charge on any atom is -0.368 e. The second kappa shape index (κ2) is 10.1. The normalized spacial score (nSPS) is 16.1. The van der Waals surface area contributed by atoms with Crippen LogP contribution in [0.5, 0.6) is 0 Å². The van der Waals surface area contributed by atoms with Gasteiger partial charge in [0, 0.05) is 30.8 Å². The summed E-state index contributed by atoms with van der Waals surface area (Å²) in [6.45, 7) is 3.91. The van der Waals surface area contributed by atoms with Gasteiger partial charge >= 0.3 is 0 Å². The maximum absolute atomic E-state index is 12.7. The van der Waals surface area contributed by atoms with E-state index in [1.165, 1.54) is 0 Å². The molecule has 2 amide bonds. The van der Waals surface area contributed by atoms with Gasteiger partial charge in [-0.3, -0.25) is 24.2 Å². The topological polar surface area (TPSA) is 109 Å². The number of carbonyl (C=O) groups is 2. The van der Waals surface area contributed by atoms with Gasteiger partial charge in [-0.2, -0.15) is 5.10 Å². The Morgan fingerprint density at radius 1 is 1.24 bits per heavy atom. The Labute approximate surface area is 197 Å². The van der Waals surface area contributed by atoms with Crippen LogP contribution in [0.4, 0.5) is 5.69 Å². The lowest BCUT2D eigenvalue weighted by atomic mass is 10.1. The first-order valence-corrected chi connectivity index (χ1v) is 11.5. The molecule has 4 rings (SSSR count). The summed E-state index contributed by atoms with van der Waals surface area (Å²) in [6.07, 6.45) is 2.02. The molecule has 1 aliphatic rings. The molecule has 4 N–H and O–H groups in total. The quantitative estimate of drug-likeness (QED) is 0.443. The Morgan fingerprint density at radius 3 is 2.85 bits per heavy atom. The predicted molar refractivity (Wildman–Crippen MR) is 130 cm³/mol. The van der Waals surface area contributed by atoms with Crippen LogP contribution in [0.3, 0.4) is 0 Å². The van der Waals surface area contributed by atoms with Crippen LogP contribution in [0.25, 0.3) is 11.4 Å². The summed E-state index contributed by atoms with van der Waals surface area (Å²) in [4.78, 5) is 26.4. The molecule has 0 bridgehead atoms. The van der Waals surface area contributed by atoms with Crippen LogP contribution < -0.4 is 11.1 Å². The van der Waals surface area contributed by atoms with Gasteiger partial charge in [0.25, 0.3) is 0 Å². The first-order chi connectivity index (χ1) is 15.9. The van der Waals surface area contributed by atoms with E-state index in [1.54, 1.807) is 0 Å². The maximum Gasteiger partial charge on any atom is 0.234 e. The van der Waals surface area contributed by atoms with Crippen molar-refractivity contribution in [3.8, 4) is 11.4 Å². The van der Waals surface area contributed by atoms with Crippen molar-refractivity contribution < 1.29 is 9.59 Å². The molecule has 8 nitrogen and oxygen atoms in total. The molecule has 2 heterocycles. The van der Waals surface area contributed by atoms with E-state index in [9.17, 15) is 9.59 Å². The zero-order valence-corrected chi connectivity index (χ0v) is 19.4. The van der Waals surface area contributed by atoms with Gasteiger partial charge in [-0.15, -0.1) is 0 Å². The lowest BCUT2D eigenvalue weighted by Gasteiger charge is -2.22. The number of amides is 2. The Bertz CT molecular complexity index is 1220. The predicted octanol–water partition coefficient (Wildman–Crippen LogP) is 3.39. The molecule has 0 saturated carbocycles. The number of nitrogens with zero attached hydrogens (tertiary/aromatic N) is 3. The zero-order valence-electron chi connectivity index (χ0n) is 18.6. The average Bonchev–Trinajstić information content (AvgIpc) is 3.39. The number of aryl methyl sites for hydroxylation is 1. The van der Waals surface area contributed by atoms with Crippen LogP contribution in [0, 0.1) is 11.7 Å². The minimum atomic E-state index is -0.278. The highest BCUT2D eigenvalue weighted by molar-refractivity contribution is 7.71. The van der Waals surface area contributed by atoms with Crippen molar-refractivity contribution in [1.82, 2.24) is 19.7 Å². The van der Waals surface area contributed by atoms with E-state index in [4.69, 9.17) is 18.0 Å². The zero-order chi connectivity index (χ0) is 23.4. The number of H-pyrrole nitrogens is 1. The van der Waals surface area contributed by atoms with Gasteiger partial charge in [0.05, 0.1) is 6.04 Å². The second-order valence-electron chi connectivity index (χ2n) is 8.40. The summed E-state index contributed by atoms with van der Waals surface area (Å²) in [6, 6.07) is 15.5. The Morgan fingerprint density at radius 2 is 2.06 bits per heavy atom. The molecule has 1 aliphatic heterocycles. The third kappa shape index (κ3) is 5.55. The molecule has 3 aromatic rings. The van der Waals surface area contributed by atoms with Crippen molar-refractivity contribution in [1.29, 1.82) is 0 Å². The number of likely N-dealkylation sites (tertiary alicyclic amines) is 1. The van der Waals surface area contributed by atoms with Gasteiger partial charge in [-0.25, -0.2) is 0 Å². The maximum atomic E-state index is 12.7. The highest BCUT2D eigenvalue weighted by Crippen LogP contribution is 2.22. The molecule has 2 aromatic carbocycles. The number of carbonyl (C=O) groups excluding carboxylic acids is 2. The Balaban J connectivity index is 1.38. The summed E-state index contributed by atoms with van der Waals surface area (Å²) in [5.74, 6) is 0.328. The van der Waals surface area contributed by atoms with Crippen LogP contribution in [-0.2, 0) is 22.7 Å². The minimum absolute atomic E-state index is 0.110. The number of anilines is 1. The third-order valence-electron chi connectivity index (χ3n) is 5.89. The van der Waals surface area contributed by atoms with Gasteiger partial charge in [0.2, 0.25) is 11.8 Å². The second-order valence-corrected chi connectivity index (χ2v) is 8.79. The number of benzene rings is 2. The molecular weight excluding hydrogens is 436 g/mol. The molecular formula is C24H28N6O2S. The van der Waals surface area contributed by atoms with E-state index >= 15 is 0 Å². The van der Waals surface area contributed by atoms with Crippen molar-refractivity contribution in [3.63, 3.8) is 0 Å². The number of rotatable bonds is 8. The monoisotopic (exact) mass is 464 g/mol. The van der Waals surface area contributed by atoms with Crippen molar-refractivity contribution in [2.45, 2.75) is 45.3 Å². The Kier molecular flexibility index (Phi) is 7.00. The van der Waals surface area contributed by atoms with E-state index in [0.29, 0.717) is 23.7 Å². The molecule has 0 radical (unpaired) electrons. The number of nitrogens with one attached hydrogen (secondary N) is 2. The highest BCUT2D eigenvalue weighted by Gasteiger charge is 2.28. The van der Waals surface area contributed by atoms with E-state index in [2.05, 4.69) is 20.4 Å². The largest absolute Gasteiger partial charge is 0.368 e. The summed E-state index contributed by atoms with van der Waals surface area (Å²) in [5.41, 5.74) is 9.35. The molecule has 9 heteroatoms. The first-order valence-electron chi connectivity index (χ1n) is 11.0. The summed E-state index contributed by atoms with van der Waals surface area (Å²) in [5, 5.41) is 10.1. The summed E-state index contributed by atoms with van der Waals surface area (Å²) >= 11 is 5.38. The smallest absolute Gasteiger partial charge is 0.234 e. The number of primary amides is 1. The molecule has 0 spiro atoms. The third-order valence-corrected chi connectivity index (χ3v) is 6.20. The summed E-state index contributed by atoms with van der Waals surface area (Å²) < 4.78 is 2.33. The molecule has 1 aromatic heterocycles. The standard InChI is InChI=1S/C24H28N6O2S/c1-16-5-2-7-18(13-16)23-27-28-24(33)30(23)12-10-21(31)26-19-8-3-6-17(14-19)15-29-11-4-9-20(29)22(25)32/h2-3,5-8,13-14,20H,4,9-12,15H2,1H3,(H2,25,32)(H,26,31)(H,28,33). The van der Waals surface area contributed by atoms with Crippen LogP contribution in [0.1, 0.15) is 30.4 Å². The number of hydrogen-bond acceptors (Lipinski definition) is 5. The van der Waals surface area contributed by atoms with Gasteiger partial charge in [-0.05, 0) is 62.3 Å². The first kappa shape index (κ1) is 22.9. The van der Waals surface area contributed by atoms with Crippen molar-refractivity contribution in [3.05, 3.63) is 64.4 Å². The van der Waals surface area contributed by atoms with Crippen molar-refractivity contribution in [2.75, 3.05) is 11.9 Å². The van der Waals surface area contributed by atoms with Gasteiger partial charge in [-0.1, -0.05) is 35.9 Å². The fourth-order valence-corrected chi connectivity index (χ4v) is 4.51. The molecule has 1 unspecified atom stereocenters. The Hall–Kier alpha value is -3.30. The molecule has 172 valence electrons. The number of aromatic amines is 1. The lowest BCUT2D eigenvalue weighted by molar-refractivity contribution is -0.122. The number of nitrogens with two attached hydrogens (primary N) is 1. The van der Waals surface area contributed by atoms with E-state index in [0.717, 1.165) is 41.8 Å². The fourth-order valence-electron chi connectivity index (χ4n) is 4.29. The molecule has 1 atom stereocenters. The van der Waals surface area contributed by atoms with Gasteiger partial charge in [0.15, 0.2) is 10.6 Å². The van der Waals surface area contributed by atoms with E-state index in [1.807, 2.05) is 60.0 Å². The van der Waals surface area contributed by atoms with Crippen LogP contribution in [-0.4, -0.2) is 44.1 Å². The van der Waals surface area contributed by atoms with Crippen molar-refractivity contribution >= 4 is 29.7 Å². The van der Waals surface area contributed by atoms with Crippen LogP contribution >= 0.6 is 12.2 Å².